The number of nitrogens with zero attached hydrogens (tertiary/aromatic N) is 4. The van der Waals surface area contributed by atoms with Gasteiger partial charge in [-0.25, -0.2) is 4.39 Å². The fraction of sp³-hybridized carbons (Fsp3) is 0.529. The summed E-state index contributed by atoms with van der Waals surface area (Å²) in [5.74, 6) is 0.218. The summed E-state index contributed by atoms with van der Waals surface area (Å²) >= 11 is 0. The molecule has 25 heavy (non-hydrogen) atoms. The second-order valence-corrected chi connectivity index (χ2v) is 6.24. The van der Waals surface area contributed by atoms with E-state index in [2.05, 4.69) is 20.8 Å². The number of amides is 1. The highest BCUT2D eigenvalue weighted by Crippen LogP contribution is 2.39. The maximum Gasteiger partial charge on any atom is 0.253 e. The Morgan fingerprint density at radius 1 is 1.48 bits per heavy atom. The number of tetrazole rings is 1. The van der Waals surface area contributed by atoms with E-state index in [1.807, 2.05) is 6.92 Å². The first-order valence-electron chi connectivity index (χ1n) is 8.60. The van der Waals surface area contributed by atoms with Crippen LogP contribution in [0.25, 0.3) is 5.69 Å². The number of benzene rings is 1. The second-order valence-electron chi connectivity index (χ2n) is 6.24. The van der Waals surface area contributed by atoms with Crippen molar-refractivity contribution in [1.82, 2.24) is 20.2 Å². The van der Waals surface area contributed by atoms with Gasteiger partial charge in [0.2, 0.25) is 0 Å². The third-order valence-electron chi connectivity index (χ3n) is 4.12. The summed E-state index contributed by atoms with van der Waals surface area (Å²) in [6, 6.07) is 4.43. The minimum Gasteiger partial charge on any atom is -0.369 e. The van der Waals surface area contributed by atoms with Crippen molar-refractivity contribution in [2.24, 2.45) is 0 Å². The molecule has 1 fully saturated rings. The molecule has 0 unspecified atom stereocenters. The Labute approximate surface area is 145 Å². The van der Waals surface area contributed by atoms with Gasteiger partial charge in [0.05, 0.1) is 11.4 Å². The van der Waals surface area contributed by atoms with Crippen LogP contribution in [0.4, 0.5) is 10.1 Å². The smallest absolute Gasteiger partial charge is 0.253 e. The highest BCUT2D eigenvalue weighted by atomic mass is 19.1. The van der Waals surface area contributed by atoms with E-state index in [1.54, 1.807) is 17.7 Å². The predicted octanol–water partition coefficient (Wildman–Crippen LogP) is 2.82. The van der Waals surface area contributed by atoms with Crippen LogP contribution in [0.15, 0.2) is 18.2 Å². The first-order chi connectivity index (χ1) is 12.1. The number of anilines is 1. The van der Waals surface area contributed by atoms with Gasteiger partial charge >= 0.3 is 0 Å². The van der Waals surface area contributed by atoms with Gasteiger partial charge in [0, 0.05) is 12.5 Å². The number of carbonyl (C=O) groups is 1. The van der Waals surface area contributed by atoms with Crippen LogP contribution >= 0.6 is 0 Å². The van der Waals surface area contributed by atoms with Gasteiger partial charge < -0.3 is 10.1 Å². The molecule has 3 rings (SSSR count). The number of unbranched alkanes of at least 4 members (excludes halogenated alkanes) is 1. The Morgan fingerprint density at radius 2 is 2.28 bits per heavy atom. The number of ether oxygens (including phenoxy) is 1. The molecule has 0 bridgehead atoms. The maximum atomic E-state index is 14.1. The number of nitrogens with one attached hydrogen (secondary N) is 1. The zero-order valence-corrected chi connectivity index (χ0v) is 14.4. The molecule has 1 heterocycles. The summed E-state index contributed by atoms with van der Waals surface area (Å²) in [5, 5.41) is 14.3. The van der Waals surface area contributed by atoms with E-state index in [-0.39, 0.29) is 11.6 Å². The maximum absolute atomic E-state index is 14.1. The summed E-state index contributed by atoms with van der Waals surface area (Å²) < 4.78 is 21.1. The Balaban J connectivity index is 1.73. The molecule has 1 atom stereocenters. The van der Waals surface area contributed by atoms with E-state index >= 15 is 0 Å². The first kappa shape index (κ1) is 17.5. The van der Waals surface area contributed by atoms with Gasteiger partial charge in [0.15, 0.2) is 5.82 Å². The van der Waals surface area contributed by atoms with E-state index in [4.69, 9.17) is 4.74 Å². The molecule has 0 saturated heterocycles. The Bertz CT molecular complexity index is 744. The number of aromatic nitrogens is 4. The van der Waals surface area contributed by atoms with Crippen LogP contribution in [0.1, 0.15) is 51.3 Å². The highest BCUT2D eigenvalue weighted by molar-refractivity contribution is 5.94. The van der Waals surface area contributed by atoms with Crippen molar-refractivity contribution >= 4 is 11.6 Å². The lowest BCUT2D eigenvalue weighted by atomic mass is 10.2. The van der Waals surface area contributed by atoms with Gasteiger partial charge in [-0.3, -0.25) is 4.79 Å². The average molecular weight is 347 g/mol. The largest absolute Gasteiger partial charge is 0.369 e. The third-order valence-corrected chi connectivity index (χ3v) is 4.12. The Hall–Kier alpha value is -2.35. The van der Waals surface area contributed by atoms with Crippen LogP contribution < -0.4 is 5.32 Å². The number of rotatable bonds is 8. The number of hydrogen-bond donors (Lipinski definition) is 1. The molecule has 1 amide bonds. The molecule has 0 aliphatic heterocycles. The van der Waals surface area contributed by atoms with Crippen LogP contribution in [-0.2, 0) is 9.53 Å². The van der Waals surface area contributed by atoms with Crippen molar-refractivity contribution in [1.29, 1.82) is 0 Å². The van der Waals surface area contributed by atoms with Crippen LogP contribution in [0.3, 0.4) is 0 Å². The first-order valence-corrected chi connectivity index (χ1v) is 8.60. The number of halogens is 1. The van der Waals surface area contributed by atoms with E-state index < -0.39 is 11.9 Å². The summed E-state index contributed by atoms with van der Waals surface area (Å²) in [7, 11) is 0. The third kappa shape index (κ3) is 4.19. The van der Waals surface area contributed by atoms with Gasteiger partial charge in [0.1, 0.15) is 11.9 Å². The molecule has 2 aromatic rings. The molecule has 7 nitrogen and oxygen atoms in total. The minimum absolute atomic E-state index is 0.0886. The normalized spacial score (nSPS) is 15.2. The lowest BCUT2D eigenvalue weighted by Gasteiger charge is -2.14. The molecule has 8 heteroatoms. The molecule has 1 N–H and O–H groups in total. The lowest BCUT2D eigenvalue weighted by molar-refractivity contribution is -0.126. The van der Waals surface area contributed by atoms with Crippen molar-refractivity contribution in [3.8, 4) is 5.69 Å². The average Bonchev–Trinajstić information content (AvgIpc) is 3.33. The Kier molecular flexibility index (Phi) is 5.37. The van der Waals surface area contributed by atoms with Crippen molar-refractivity contribution in [3.05, 3.63) is 29.8 Å². The monoisotopic (exact) mass is 347 g/mol. The van der Waals surface area contributed by atoms with E-state index in [1.165, 1.54) is 12.1 Å². The minimum atomic E-state index is -0.648. The van der Waals surface area contributed by atoms with Crippen LogP contribution in [0, 0.1) is 5.82 Å². The van der Waals surface area contributed by atoms with Gasteiger partial charge in [-0.05, 0) is 54.8 Å². The second kappa shape index (κ2) is 7.69. The number of carbonyl (C=O) groups excluding carboxylic acids is 1. The fourth-order valence-corrected chi connectivity index (χ4v) is 2.43. The molecule has 1 aromatic heterocycles. The molecule has 134 valence electrons. The van der Waals surface area contributed by atoms with E-state index in [0.29, 0.717) is 18.2 Å². The summed E-state index contributed by atoms with van der Waals surface area (Å²) in [4.78, 5) is 12.2. The molecule has 0 radical (unpaired) electrons. The van der Waals surface area contributed by atoms with Crippen molar-refractivity contribution in [2.75, 3.05) is 11.9 Å². The van der Waals surface area contributed by atoms with E-state index in [9.17, 15) is 9.18 Å². The van der Waals surface area contributed by atoms with Crippen LogP contribution in [0.5, 0.6) is 0 Å². The molecular weight excluding hydrogens is 325 g/mol. The Morgan fingerprint density at radius 3 is 3.00 bits per heavy atom. The number of hydrogen-bond acceptors (Lipinski definition) is 5. The van der Waals surface area contributed by atoms with Crippen molar-refractivity contribution < 1.29 is 13.9 Å². The standard InChI is InChI=1S/C17H22FN5O2/c1-3-4-9-25-11(2)17(24)19-15-10-13(7-8-14(15)18)23-16(12-5-6-12)20-21-22-23/h7-8,10-12H,3-6,9H2,1-2H3,(H,19,24)/t11-/m0/s1. The lowest BCUT2D eigenvalue weighted by Crippen LogP contribution is -2.28. The quantitative estimate of drug-likeness (QED) is 0.743. The van der Waals surface area contributed by atoms with Crippen LogP contribution in [0.2, 0.25) is 0 Å². The summed E-state index contributed by atoms with van der Waals surface area (Å²) in [6.45, 7) is 4.20. The summed E-state index contributed by atoms with van der Waals surface area (Å²) in [5.41, 5.74) is 0.703. The predicted molar refractivity (Wildman–Crippen MR) is 90.0 cm³/mol. The fourth-order valence-electron chi connectivity index (χ4n) is 2.43. The van der Waals surface area contributed by atoms with Gasteiger partial charge in [0.25, 0.3) is 5.91 Å². The summed E-state index contributed by atoms with van der Waals surface area (Å²) in [6.07, 6.45) is 3.32. The SMILES string of the molecule is CCCCO[C@@H](C)C(=O)Nc1cc(-n2nnnc2C2CC2)ccc1F. The molecular formula is C17H22FN5O2. The molecule has 0 spiro atoms. The van der Waals surface area contributed by atoms with Gasteiger partial charge in [-0.2, -0.15) is 4.68 Å². The topological polar surface area (TPSA) is 81.9 Å². The van der Waals surface area contributed by atoms with E-state index in [0.717, 1.165) is 31.5 Å². The zero-order chi connectivity index (χ0) is 17.8. The molecule has 1 aliphatic rings. The van der Waals surface area contributed by atoms with Crippen molar-refractivity contribution in [2.45, 2.75) is 51.6 Å². The van der Waals surface area contributed by atoms with Crippen molar-refractivity contribution in [3.63, 3.8) is 0 Å². The molecule has 1 aliphatic carbocycles. The molecule has 1 saturated carbocycles. The molecule has 1 aromatic carbocycles. The van der Waals surface area contributed by atoms with Gasteiger partial charge in [-0.15, -0.1) is 5.10 Å². The highest BCUT2D eigenvalue weighted by Gasteiger charge is 2.30. The van der Waals surface area contributed by atoms with Crippen LogP contribution in [-0.4, -0.2) is 38.8 Å². The van der Waals surface area contributed by atoms with Gasteiger partial charge in [-0.1, -0.05) is 13.3 Å². The zero-order valence-electron chi connectivity index (χ0n) is 14.4.